The maximum atomic E-state index is 5.32. The standard InChI is InChI=1S/C18H21NOS/c1-13(14-6-5-7-15(12-14)20-2)19-17-10-11-21-18-9-4-3-8-16(17)18/h3-9,12-13,17,19H,10-11H2,1-2H3/t13-,17?/m1/s1. The molecule has 2 nitrogen and oxygen atoms in total. The van der Waals surface area contributed by atoms with Crippen molar-refractivity contribution in [2.24, 2.45) is 0 Å². The van der Waals surface area contributed by atoms with Crippen molar-refractivity contribution in [3.05, 3.63) is 59.7 Å². The van der Waals surface area contributed by atoms with Crippen molar-refractivity contribution in [2.75, 3.05) is 12.9 Å². The fourth-order valence-electron chi connectivity index (χ4n) is 2.82. The molecule has 1 aliphatic heterocycles. The number of rotatable bonds is 4. The van der Waals surface area contributed by atoms with Crippen LogP contribution in [0.5, 0.6) is 5.75 Å². The van der Waals surface area contributed by atoms with Crippen molar-refractivity contribution in [2.45, 2.75) is 30.3 Å². The molecule has 1 unspecified atom stereocenters. The third kappa shape index (κ3) is 3.25. The summed E-state index contributed by atoms with van der Waals surface area (Å²) in [4.78, 5) is 1.42. The van der Waals surface area contributed by atoms with E-state index in [0.29, 0.717) is 12.1 Å². The molecule has 0 saturated carbocycles. The lowest BCUT2D eigenvalue weighted by atomic mass is 10.0. The molecule has 0 aromatic heterocycles. The van der Waals surface area contributed by atoms with Gasteiger partial charge in [-0.3, -0.25) is 0 Å². The lowest BCUT2D eigenvalue weighted by Crippen LogP contribution is -2.27. The van der Waals surface area contributed by atoms with Crippen molar-refractivity contribution in [1.82, 2.24) is 5.32 Å². The number of hydrogen-bond donors (Lipinski definition) is 1. The maximum Gasteiger partial charge on any atom is 0.119 e. The highest BCUT2D eigenvalue weighted by Crippen LogP contribution is 2.37. The summed E-state index contributed by atoms with van der Waals surface area (Å²) >= 11 is 1.96. The Morgan fingerprint density at radius 2 is 2.05 bits per heavy atom. The summed E-state index contributed by atoms with van der Waals surface area (Å²) in [6, 6.07) is 17.8. The fraction of sp³-hybridized carbons (Fsp3) is 0.333. The van der Waals surface area contributed by atoms with E-state index in [0.717, 1.165) is 5.75 Å². The molecular formula is C18H21NOS. The summed E-state index contributed by atoms with van der Waals surface area (Å²) in [5, 5.41) is 3.77. The molecule has 0 amide bonds. The molecule has 1 heterocycles. The molecule has 0 aliphatic carbocycles. The van der Waals surface area contributed by atoms with Crippen LogP contribution in [0.2, 0.25) is 0 Å². The Bertz CT molecular complexity index is 614. The van der Waals surface area contributed by atoms with Gasteiger partial charge in [0.05, 0.1) is 7.11 Å². The van der Waals surface area contributed by atoms with Gasteiger partial charge in [-0.2, -0.15) is 0 Å². The number of ether oxygens (including phenoxy) is 1. The van der Waals surface area contributed by atoms with Gasteiger partial charge in [-0.1, -0.05) is 30.3 Å². The highest BCUT2D eigenvalue weighted by molar-refractivity contribution is 7.99. The summed E-state index contributed by atoms with van der Waals surface area (Å²) < 4.78 is 5.32. The quantitative estimate of drug-likeness (QED) is 0.892. The lowest BCUT2D eigenvalue weighted by Gasteiger charge is -2.29. The molecule has 0 radical (unpaired) electrons. The Labute approximate surface area is 130 Å². The van der Waals surface area contributed by atoms with Crippen molar-refractivity contribution in [3.63, 3.8) is 0 Å². The van der Waals surface area contributed by atoms with Crippen LogP contribution >= 0.6 is 11.8 Å². The van der Waals surface area contributed by atoms with Gasteiger partial charge < -0.3 is 10.1 Å². The second-order valence-electron chi connectivity index (χ2n) is 5.39. The average Bonchev–Trinajstić information content (AvgIpc) is 2.55. The first-order chi connectivity index (χ1) is 10.3. The number of benzene rings is 2. The van der Waals surface area contributed by atoms with Crippen molar-refractivity contribution in [3.8, 4) is 5.75 Å². The van der Waals surface area contributed by atoms with Crippen LogP contribution in [0, 0.1) is 0 Å². The summed E-state index contributed by atoms with van der Waals surface area (Å²) in [6.45, 7) is 2.22. The molecule has 2 atom stereocenters. The predicted octanol–water partition coefficient (Wildman–Crippen LogP) is 4.58. The van der Waals surface area contributed by atoms with Gasteiger partial charge in [-0.15, -0.1) is 11.8 Å². The van der Waals surface area contributed by atoms with E-state index in [-0.39, 0.29) is 0 Å². The normalized spacial score (nSPS) is 18.9. The second kappa shape index (κ2) is 6.54. The van der Waals surface area contributed by atoms with Gasteiger partial charge in [0.2, 0.25) is 0 Å². The zero-order chi connectivity index (χ0) is 14.7. The monoisotopic (exact) mass is 299 g/mol. The fourth-order valence-corrected chi connectivity index (χ4v) is 3.95. The Balaban J connectivity index is 1.77. The van der Waals surface area contributed by atoms with E-state index in [4.69, 9.17) is 4.74 Å². The van der Waals surface area contributed by atoms with E-state index < -0.39 is 0 Å². The maximum absolute atomic E-state index is 5.32. The molecule has 1 N–H and O–H groups in total. The molecule has 0 bridgehead atoms. The van der Waals surface area contributed by atoms with Gasteiger partial charge in [0.1, 0.15) is 5.75 Å². The summed E-state index contributed by atoms with van der Waals surface area (Å²) in [6.07, 6.45) is 1.18. The summed E-state index contributed by atoms with van der Waals surface area (Å²) in [5.74, 6) is 2.10. The van der Waals surface area contributed by atoms with Gasteiger partial charge >= 0.3 is 0 Å². The van der Waals surface area contributed by atoms with Gasteiger partial charge in [-0.25, -0.2) is 0 Å². The first-order valence-corrected chi connectivity index (χ1v) is 8.38. The minimum absolute atomic E-state index is 0.307. The molecule has 3 rings (SSSR count). The van der Waals surface area contributed by atoms with Crippen LogP contribution in [0.1, 0.15) is 36.6 Å². The van der Waals surface area contributed by atoms with Crippen molar-refractivity contribution in [1.29, 1.82) is 0 Å². The molecule has 3 heteroatoms. The van der Waals surface area contributed by atoms with Crippen molar-refractivity contribution >= 4 is 11.8 Å². The highest BCUT2D eigenvalue weighted by atomic mass is 32.2. The number of thioether (sulfide) groups is 1. The van der Waals surface area contributed by atoms with Gasteiger partial charge in [0.15, 0.2) is 0 Å². The number of fused-ring (bicyclic) bond motifs is 1. The second-order valence-corrected chi connectivity index (χ2v) is 6.53. The zero-order valence-electron chi connectivity index (χ0n) is 12.5. The minimum Gasteiger partial charge on any atom is -0.497 e. The minimum atomic E-state index is 0.307. The van der Waals surface area contributed by atoms with Gasteiger partial charge in [0, 0.05) is 17.0 Å². The molecule has 1 aliphatic rings. The van der Waals surface area contributed by atoms with Crippen LogP contribution < -0.4 is 10.1 Å². The molecule has 110 valence electrons. The zero-order valence-corrected chi connectivity index (χ0v) is 13.3. The van der Waals surface area contributed by atoms with Crippen LogP contribution in [0.4, 0.5) is 0 Å². The Morgan fingerprint density at radius 3 is 2.90 bits per heavy atom. The van der Waals surface area contributed by atoms with Gasteiger partial charge in [0.25, 0.3) is 0 Å². The summed E-state index contributed by atoms with van der Waals surface area (Å²) in [5.41, 5.74) is 2.70. The lowest BCUT2D eigenvalue weighted by molar-refractivity contribution is 0.411. The molecule has 0 saturated heterocycles. The SMILES string of the molecule is COc1cccc([C@@H](C)NC2CCSc3ccccc32)c1. The molecule has 0 fully saturated rings. The van der Waals surface area contributed by atoms with Crippen molar-refractivity contribution < 1.29 is 4.74 Å². The first-order valence-electron chi connectivity index (χ1n) is 7.39. The number of hydrogen-bond acceptors (Lipinski definition) is 3. The Morgan fingerprint density at radius 1 is 1.19 bits per heavy atom. The van der Waals surface area contributed by atoms with E-state index in [1.54, 1.807) is 7.11 Å². The van der Waals surface area contributed by atoms with E-state index in [2.05, 4.69) is 54.7 Å². The summed E-state index contributed by atoms with van der Waals surface area (Å²) in [7, 11) is 1.71. The topological polar surface area (TPSA) is 21.3 Å². The molecular weight excluding hydrogens is 278 g/mol. The third-order valence-electron chi connectivity index (χ3n) is 4.00. The van der Waals surface area contributed by atoms with Crippen LogP contribution in [-0.4, -0.2) is 12.9 Å². The molecule has 2 aromatic carbocycles. The molecule has 21 heavy (non-hydrogen) atoms. The van der Waals surface area contributed by atoms with E-state index in [1.807, 2.05) is 17.8 Å². The molecule has 0 spiro atoms. The largest absolute Gasteiger partial charge is 0.497 e. The van der Waals surface area contributed by atoms with E-state index in [9.17, 15) is 0 Å². The smallest absolute Gasteiger partial charge is 0.119 e. The first kappa shape index (κ1) is 14.5. The number of nitrogens with one attached hydrogen (secondary N) is 1. The van der Waals surface area contributed by atoms with Crippen LogP contribution in [0.25, 0.3) is 0 Å². The third-order valence-corrected chi connectivity index (χ3v) is 5.13. The highest BCUT2D eigenvalue weighted by Gasteiger charge is 2.22. The number of methoxy groups -OCH3 is 1. The predicted molar refractivity (Wildman–Crippen MR) is 89.1 cm³/mol. The Hall–Kier alpha value is -1.45. The molecule has 2 aromatic rings. The van der Waals surface area contributed by atoms with Crippen LogP contribution in [-0.2, 0) is 0 Å². The van der Waals surface area contributed by atoms with E-state index in [1.165, 1.54) is 28.2 Å². The average molecular weight is 299 g/mol. The Kier molecular flexibility index (Phi) is 4.51. The van der Waals surface area contributed by atoms with Gasteiger partial charge in [-0.05, 0) is 48.4 Å². The van der Waals surface area contributed by atoms with E-state index >= 15 is 0 Å². The van der Waals surface area contributed by atoms with Crippen LogP contribution in [0.3, 0.4) is 0 Å². The van der Waals surface area contributed by atoms with Crippen LogP contribution in [0.15, 0.2) is 53.4 Å².